The smallest absolute Gasteiger partial charge is 0.303 e. The van der Waals surface area contributed by atoms with Gasteiger partial charge in [-0.1, -0.05) is 108 Å². The second kappa shape index (κ2) is 17.4. The molecule has 40 heavy (non-hydrogen) atoms. The highest BCUT2D eigenvalue weighted by molar-refractivity contribution is 6.15. The molecule has 3 rings (SSSR count). The summed E-state index contributed by atoms with van der Waals surface area (Å²) in [4.78, 5) is 39.8. The maximum absolute atomic E-state index is 13.3. The first-order valence-electron chi connectivity index (χ1n) is 15.1. The van der Waals surface area contributed by atoms with Crippen molar-refractivity contribution < 1.29 is 23.9 Å². The normalized spacial score (nSPS) is 13.0. The quantitative estimate of drug-likeness (QED) is 0.120. The first kappa shape index (κ1) is 31.2. The Labute approximate surface area is 239 Å². The van der Waals surface area contributed by atoms with Gasteiger partial charge in [0, 0.05) is 19.2 Å². The van der Waals surface area contributed by atoms with Gasteiger partial charge in [0.2, 0.25) is 0 Å². The van der Waals surface area contributed by atoms with E-state index in [-0.39, 0.29) is 0 Å². The van der Waals surface area contributed by atoms with Crippen molar-refractivity contribution in [1.29, 1.82) is 0 Å². The molecule has 0 aromatic heterocycles. The maximum atomic E-state index is 13.3. The standard InChI is InChI=1S/C33H46N2O5/c1-3-4-5-6-7-8-9-10-11-12-13-18-25-39-30-22-17-15-20-28(30)34-32(37)31(40-26(2)36)33(38)35-24-23-27-19-14-16-21-29(27)35/h14-17,19-22,31H,3-13,18,23-25H2,1-2H3,(H,34,37). The number of fused-ring (bicyclic) bond motifs is 1. The van der Waals surface area contributed by atoms with E-state index in [2.05, 4.69) is 12.2 Å². The van der Waals surface area contributed by atoms with E-state index in [0.717, 1.165) is 24.1 Å². The second-order valence-electron chi connectivity index (χ2n) is 10.6. The molecule has 0 aliphatic carbocycles. The van der Waals surface area contributed by atoms with Gasteiger partial charge < -0.3 is 19.7 Å². The van der Waals surface area contributed by atoms with Crippen LogP contribution in [0.15, 0.2) is 48.5 Å². The molecule has 1 aliphatic rings. The first-order chi connectivity index (χ1) is 19.5. The molecule has 0 fully saturated rings. The Morgan fingerprint density at radius 2 is 1.43 bits per heavy atom. The number of benzene rings is 2. The van der Waals surface area contributed by atoms with Crippen LogP contribution in [-0.4, -0.2) is 37.0 Å². The molecule has 0 saturated heterocycles. The Bertz CT molecular complexity index is 1090. The van der Waals surface area contributed by atoms with Gasteiger partial charge in [-0.05, 0) is 36.6 Å². The summed E-state index contributed by atoms with van der Waals surface area (Å²) in [6, 6.07) is 14.7. The van der Waals surface area contributed by atoms with E-state index in [9.17, 15) is 14.4 Å². The minimum absolute atomic E-state index is 0.433. The summed E-state index contributed by atoms with van der Waals surface area (Å²) in [6.07, 6.45) is 14.4. The van der Waals surface area contributed by atoms with Gasteiger partial charge in [-0.3, -0.25) is 14.4 Å². The van der Waals surface area contributed by atoms with E-state index < -0.39 is 23.9 Å². The van der Waals surface area contributed by atoms with Gasteiger partial charge in [0.1, 0.15) is 5.75 Å². The van der Waals surface area contributed by atoms with Crippen molar-refractivity contribution >= 4 is 29.2 Å². The van der Waals surface area contributed by atoms with Crippen molar-refractivity contribution in [2.24, 2.45) is 0 Å². The molecule has 2 aromatic rings. The first-order valence-corrected chi connectivity index (χ1v) is 15.1. The van der Waals surface area contributed by atoms with Gasteiger partial charge in [-0.25, -0.2) is 0 Å². The Hall–Kier alpha value is -3.35. The predicted octanol–water partition coefficient (Wildman–Crippen LogP) is 7.23. The molecule has 1 N–H and O–H groups in total. The molecule has 7 nitrogen and oxygen atoms in total. The number of rotatable bonds is 18. The van der Waals surface area contributed by atoms with E-state index in [4.69, 9.17) is 9.47 Å². The number of nitrogens with zero attached hydrogens (tertiary/aromatic N) is 1. The minimum atomic E-state index is -1.59. The molecule has 2 amide bonds. The van der Waals surface area contributed by atoms with Gasteiger partial charge in [0.15, 0.2) is 0 Å². The summed E-state index contributed by atoms with van der Waals surface area (Å²) in [7, 11) is 0. The van der Waals surface area contributed by atoms with E-state index in [1.165, 1.54) is 76.0 Å². The zero-order chi connectivity index (χ0) is 28.6. The van der Waals surface area contributed by atoms with Gasteiger partial charge in [0.05, 0.1) is 12.3 Å². The van der Waals surface area contributed by atoms with Crippen molar-refractivity contribution in [2.75, 3.05) is 23.4 Å². The molecule has 1 heterocycles. The summed E-state index contributed by atoms with van der Waals surface area (Å²) < 4.78 is 11.2. The second-order valence-corrected chi connectivity index (χ2v) is 10.6. The van der Waals surface area contributed by atoms with Gasteiger partial charge in [-0.2, -0.15) is 0 Å². The Kier molecular flexibility index (Phi) is 13.5. The van der Waals surface area contributed by atoms with E-state index in [1.54, 1.807) is 18.2 Å². The largest absolute Gasteiger partial charge is 0.491 e. The van der Waals surface area contributed by atoms with E-state index in [0.29, 0.717) is 31.0 Å². The molecular weight excluding hydrogens is 504 g/mol. The molecule has 218 valence electrons. The van der Waals surface area contributed by atoms with Crippen LogP contribution in [0.1, 0.15) is 96.5 Å². The fourth-order valence-corrected chi connectivity index (χ4v) is 5.11. The summed E-state index contributed by atoms with van der Waals surface area (Å²) >= 11 is 0. The molecule has 0 saturated carbocycles. The van der Waals surface area contributed by atoms with E-state index in [1.807, 2.05) is 30.3 Å². The Morgan fingerprint density at radius 3 is 2.10 bits per heavy atom. The molecule has 1 atom stereocenters. The van der Waals surface area contributed by atoms with Crippen LogP contribution < -0.4 is 15.0 Å². The number of hydrogen-bond acceptors (Lipinski definition) is 5. The Morgan fingerprint density at radius 1 is 0.825 bits per heavy atom. The summed E-state index contributed by atoms with van der Waals surface area (Å²) in [5.41, 5.74) is 2.20. The topological polar surface area (TPSA) is 84.9 Å². The van der Waals surface area contributed by atoms with Crippen molar-refractivity contribution in [1.82, 2.24) is 0 Å². The van der Waals surface area contributed by atoms with Gasteiger partial charge in [-0.15, -0.1) is 0 Å². The fourth-order valence-electron chi connectivity index (χ4n) is 5.11. The summed E-state index contributed by atoms with van der Waals surface area (Å²) in [6.45, 7) is 4.42. The van der Waals surface area contributed by atoms with Crippen LogP contribution in [-0.2, 0) is 25.5 Å². The number of amides is 2. The summed E-state index contributed by atoms with van der Waals surface area (Å²) in [5, 5.41) is 2.75. The zero-order valence-corrected chi connectivity index (χ0v) is 24.3. The van der Waals surface area contributed by atoms with Crippen LogP contribution in [0.2, 0.25) is 0 Å². The number of esters is 1. The lowest BCUT2D eigenvalue weighted by atomic mass is 10.1. The van der Waals surface area contributed by atoms with Crippen LogP contribution in [0.5, 0.6) is 5.75 Å². The molecule has 0 spiro atoms. The number of hydrogen-bond donors (Lipinski definition) is 1. The zero-order valence-electron chi connectivity index (χ0n) is 24.3. The van der Waals surface area contributed by atoms with Crippen molar-refractivity contribution in [3.8, 4) is 5.75 Å². The third-order valence-corrected chi connectivity index (χ3v) is 7.30. The molecular formula is C33H46N2O5. The number of unbranched alkanes of at least 4 members (excludes halogenated alkanes) is 11. The Balaban J connectivity index is 1.44. The van der Waals surface area contributed by atoms with Crippen LogP contribution >= 0.6 is 0 Å². The average molecular weight is 551 g/mol. The van der Waals surface area contributed by atoms with E-state index >= 15 is 0 Å². The van der Waals surface area contributed by atoms with Crippen molar-refractivity contribution in [3.63, 3.8) is 0 Å². The number of carbonyl (C=O) groups excluding carboxylic acids is 3. The number of carbonyl (C=O) groups is 3. The molecule has 0 bridgehead atoms. The highest BCUT2D eigenvalue weighted by atomic mass is 16.6. The lowest BCUT2D eigenvalue weighted by Gasteiger charge is -2.23. The lowest BCUT2D eigenvalue weighted by molar-refractivity contribution is -0.157. The minimum Gasteiger partial charge on any atom is -0.491 e. The highest BCUT2D eigenvalue weighted by Crippen LogP contribution is 2.29. The monoisotopic (exact) mass is 550 g/mol. The van der Waals surface area contributed by atoms with Crippen LogP contribution in [0.4, 0.5) is 11.4 Å². The SMILES string of the molecule is CCCCCCCCCCCCCCOc1ccccc1NC(=O)C(OC(C)=O)C(=O)N1CCc2ccccc21. The third-order valence-electron chi connectivity index (χ3n) is 7.30. The van der Waals surface area contributed by atoms with Crippen molar-refractivity contribution in [3.05, 3.63) is 54.1 Å². The highest BCUT2D eigenvalue weighted by Gasteiger charge is 2.37. The van der Waals surface area contributed by atoms with Crippen molar-refractivity contribution in [2.45, 2.75) is 103 Å². The number of anilines is 2. The van der Waals surface area contributed by atoms with Crippen LogP contribution in [0, 0.1) is 0 Å². The lowest BCUT2D eigenvalue weighted by Crippen LogP contribution is -2.47. The maximum Gasteiger partial charge on any atom is 0.303 e. The molecule has 1 aliphatic heterocycles. The molecule has 0 radical (unpaired) electrons. The molecule has 2 aromatic carbocycles. The predicted molar refractivity (Wildman–Crippen MR) is 160 cm³/mol. The van der Waals surface area contributed by atoms with Crippen LogP contribution in [0.3, 0.4) is 0 Å². The number of ether oxygens (including phenoxy) is 2. The fraction of sp³-hybridized carbons (Fsp3) is 0.545. The number of nitrogens with one attached hydrogen (secondary N) is 1. The van der Waals surface area contributed by atoms with Gasteiger partial charge in [0.25, 0.3) is 17.9 Å². The average Bonchev–Trinajstić information content (AvgIpc) is 3.39. The third kappa shape index (κ3) is 10.00. The molecule has 7 heteroatoms. The number of para-hydroxylation sites is 3. The summed E-state index contributed by atoms with van der Waals surface area (Å²) in [5.74, 6) is -1.43. The van der Waals surface area contributed by atoms with Gasteiger partial charge >= 0.3 is 5.97 Å². The molecule has 1 unspecified atom stereocenters. The van der Waals surface area contributed by atoms with Crippen LogP contribution in [0.25, 0.3) is 0 Å².